The molecule has 1 atom stereocenters. The molecule has 0 fully saturated rings. The zero-order valence-corrected chi connectivity index (χ0v) is 9.68. The van der Waals surface area contributed by atoms with Gasteiger partial charge in [-0.15, -0.1) is 0 Å². The molecular weight excluding hydrogens is 219 g/mol. The number of aromatic nitrogens is 3. The van der Waals surface area contributed by atoms with Crippen LogP contribution in [0.4, 0.5) is 4.39 Å². The molecule has 0 aliphatic rings. The van der Waals surface area contributed by atoms with Crippen LogP contribution in [0.1, 0.15) is 23.6 Å². The third kappa shape index (κ3) is 2.88. The molecule has 5 heteroatoms. The Kier molecular flexibility index (Phi) is 3.49. The van der Waals surface area contributed by atoms with Crippen LogP contribution in [0.3, 0.4) is 0 Å². The lowest BCUT2D eigenvalue weighted by atomic mass is 10.0. The van der Waals surface area contributed by atoms with E-state index < -0.39 is 0 Å². The molecule has 1 unspecified atom stereocenters. The van der Waals surface area contributed by atoms with E-state index in [-0.39, 0.29) is 11.9 Å². The monoisotopic (exact) mass is 234 g/mol. The van der Waals surface area contributed by atoms with Crippen molar-refractivity contribution in [2.75, 3.05) is 0 Å². The van der Waals surface area contributed by atoms with Crippen molar-refractivity contribution in [3.8, 4) is 0 Å². The maximum atomic E-state index is 13.4. The molecule has 2 aromatic rings. The number of pyridine rings is 1. The van der Waals surface area contributed by atoms with Gasteiger partial charge in [0.1, 0.15) is 5.82 Å². The van der Waals surface area contributed by atoms with Gasteiger partial charge in [0.05, 0.1) is 12.4 Å². The first-order chi connectivity index (χ1) is 8.16. The predicted molar refractivity (Wildman–Crippen MR) is 62.7 cm³/mol. The van der Waals surface area contributed by atoms with Gasteiger partial charge in [-0.3, -0.25) is 9.67 Å². The Bertz CT molecular complexity index is 495. The predicted octanol–water partition coefficient (Wildman–Crippen LogP) is 1.59. The van der Waals surface area contributed by atoms with Crippen LogP contribution < -0.4 is 5.73 Å². The standard InChI is InChI=1S/C12H15FN4/c1-17-8-9(6-16-17)2-3-12(14)10-4-5-15-7-11(10)13/h4-8,12H,2-3,14H2,1H3. The van der Waals surface area contributed by atoms with Crippen LogP contribution in [0.5, 0.6) is 0 Å². The SMILES string of the molecule is Cn1cc(CCC(N)c2ccncc2F)cn1. The first-order valence-electron chi connectivity index (χ1n) is 5.49. The van der Waals surface area contributed by atoms with Gasteiger partial charge in [0, 0.05) is 31.0 Å². The summed E-state index contributed by atoms with van der Waals surface area (Å²) < 4.78 is 15.2. The molecule has 0 saturated heterocycles. The van der Waals surface area contributed by atoms with Gasteiger partial charge in [-0.2, -0.15) is 5.10 Å². The number of rotatable bonds is 4. The highest BCUT2D eigenvalue weighted by Crippen LogP contribution is 2.18. The maximum Gasteiger partial charge on any atom is 0.146 e. The van der Waals surface area contributed by atoms with Gasteiger partial charge >= 0.3 is 0 Å². The normalized spacial score (nSPS) is 12.6. The van der Waals surface area contributed by atoms with Crippen LogP contribution in [0.25, 0.3) is 0 Å². The Balaban J connectivity index is 1.98. The van der Waals surface area contributed by atoms with Crippen molar-refractivity contribution in [1.82, 2.24) is 14.8 Å². The quantitative estimate of drug-likeness (QED) is 0.874. The Hall–Kier alpha value is -1.75. The van der Waals surface area contributed by atoms with Crippen LogP contribution in [0.15, 0.2) is 30.9 Å². The lowest BCUT2D eigenvalue weighted by Crippen LogP contribution is -2.13. The van der Waals surface area contributed by atoms with Crippen LogP contribution in [-0.2, 0) is 13.5 Å². The van der Waals surface area contributed by atoms with Crippen molar-refractivity contribution in [3.63, 3.8) is 0 Å². The summed E-state index contributed by atoms with van der Waals surface area (Å²) in [5.41, 5.74) is 7.58. The summed E-state index contributed by atoms with van der Waals surface area (Å²) in [6.07, 6.45) is 7.97. The molecule has 2 rings (SSSR count). The Morgan fingerprint density at radius 1 is 1.47 bits per heavy atom. The van der Waals surface area contributed by atoms with Crippen molar-refractivity contribution >= 4 is 0 Å². The zero-order valence-electron chi connectivity index (χ0n) is 9.68. The van der Waals surface area contributed by atoms with Gasteiger partial charge in [-0.05, 0) is 24.5 Å². The molecule has 2 heterocycles. The average Bonchev–Trinajstić information content (AvgIpc) is 2.73. The van der Waals surface area contributed by atoms with E-state index in [0.29, 0.717) is 12.0 Å². The molecular formula is C12H15FN4. The molecule has 90 valence electrons. The molecule has 0 aliphatic heterocycles. The Labute approximate surface area is 99.3 Å². The number of hydrogen-bond donors (Lipinski definition) is 1. The summed E-state index contributed by atoms with van der Waals surface area (Å²) in [7, 11) is 1.87. The number of halogens is 1. The van der Waals surface area contributed by atoms with Gasteiger partial charge in [0.2, 0.25) is 0 Å². The molecule has 2 aromatic heterocycles. The van der Waals surface area contributed by atoms with E-state index in [9.17, 15) is 4.39 Å². The second-order valence-corrected chi connectivity index (χ2v) is 4.06. The minimum absolute atomic E-state index is 0.307. The van der Waals surface area contributed by atoms with Crippen LogP contribution in [-0.4, -0.2) is 14.8 Å². The topological polar surface area (TPSA) is 56.7 Å². The largest absolute Gasteiger partial charge is 0.324 e. The van der Waals surface area contributed by atoms with Gasteiger partial charge < -0.3 is 5.73 Å². The number of aryl methyl sites for hydroxylation is 2. The summed E-state index contributed by atoms with van der Waals surface area (Å²) in [5, 5.41) is 4.08. The molecule has 0 radical (unpaired) electrons. The van der Waals surface area contributed by atoms with Crippen LogP contribution in [0.2, 0.25) is 0 Å². The first-order valence-corrected chi connectivity index (χ1v) is 5.49. The van der Waals surface area contributed by atoms with Crippen molar-refractivity contribution in [3.05, 3.63) is 47.8 Å². The summed E-state index contributed by atoms with van der Waals surface area (Å²) in [4.78, 5) is 3.71. The van der Waals surface area contributed by atoms with Crippen molar-refractivity contribution in [1.29, 1.82) is 0 Å². The average molecular weight is 234 g/mol. The van der Waals surface area contributed by atoms with Gasteiger partial charge in [0.25, 0.3) is 0 Å². The third-order valence-electron chi connectivity index (χ3n) is 2.71. The molecule has 0 saturated carbocycles. The maximum absolute atomic E-state index is 13.4. The van der Waals surface area contributed by atoms with Gasteiger partial charge in [-0.1, -0.05) is 0 Å². The lowest BCUT2D eigenvalue weighted by molar-refractivity contribution is 0.559. The molecule has 17 heavy (non-hydrogen) atoms. The molecule has 4 nitrogen and oxygen atoms in total. The summed E-state index contributed by atoms with van der Waals surface area (Å²) >= 11 is 0. The first kappa shape index (κ1) is 11.7. The minimum Gasteiger partial charge on any atom is -0.324 e. The molecule has 0 spiro atoms. The highest BCUT2D eigenvalue weighted by molar-refractivity contribution is 5.17. The van der Waals surface area contributed by atoms with Gasteiger partial charge in [0.15, 0.2) is 0 Å². The smallest absolute Gasteiger partial charge is 0.146 e. The fourth-order valence-electron chi connectivity index (χ4n) is 1.77. The van der Waals surface area contributed by atoms with E-state index in [1.807, 2.05) is 13.2 Å². The summed E-state index contributed by atoms with van der Waals surface area (Å²) in [6, 6.07) is 1.32. The molecule has 0 aromatic carbocycles. The fraction of sp³-hybridized carbons (Fsp3) is 0.333. The third-order valence-corrected chi connectivity index (χ3v) is 2.71. The molecule has 0 amide bonds. The summed E-state index contributed by atoms with van der Waals surface area (Å²) in [5.74, 6) is -0.341. The van der Waals surface area contributed by atoms with E-state index in [1.54, 1.807) is 23.1 Å². The van der Waals surface area contributed by atoms with Gasteiger partial charge in [-0.25, -0.2) is 4.39 Å². The second-order valence-electron chi connectivity index (χ2n) is 4.06. The highest BCUT2D eigenvalue weighted by atomic mass is 19.1. The van der Waals surface area contributed by atoms with Crippen molar-refractivity contribution in [2.24, 2.45) is 12.8 Å². The van der Waals surface area contributed by atoms with E-state index in [1.165, 1.54) is 6.20 Å². The Morgan fingerprint density at radius 2 is 2.29 bits per heavy atom. The van der Waals surface area contributed by atoms with E-state index >= 15 is 0 Å². The number of hydrogen-bond acceptors (Lipinski definition) is 3. The number of nitrogens with zero attached hydrogens (tertiary/aromatic N) is 3. The lowest BCUT2D eigenvalue weighted by Gasteiger charge is -2.11. The van der Waals surface area contributed by atoms with E-state index in [0.717, 1.165) is 12.0 Å². The van der Waals surface area contributed by atoms with Crippen molar-refractivity contribution < 1.29 is 4.39 Å². The molecule has 0 aliphatic carbocycles. The van der Waals surface area contributed by atoms with E-state index in [2.05, 4.69) is 10.1 Å². The fourth-order valence-corrected chi connectivity index (χ4v) is 1.77. The van der Waals surface area contributed by atoms with E-state index in [4.69, 9.17) is 5.73 Å². The summed E-state index contributed by atoms with van der Waals surface area (Å²) in [6.45, 7) is 0. The Morgan fingerprint density at radius 3 is 2.94 bits per heavy atom. The minimum atomic E-state index is -0.341. The van der Waals surface area contributed by atoms with Crippen LogP contribution >= 0.6 is 0 Å². The molecule has 0 bridgehead atoms. The van der Waals surface area contributed by atoms with Crippen LogP contribution in [0, 0.1) is 5.82 Å². The highest BCUT2D eigenvalue weighted by Gasteiger charge is 2.11. The zero-order chi connectivity index (χ0) is 12.3. The second kappa shape index (κ2) is 5.05. The number of nitrogens with two attached hydrogens (primary N) is 1. The van der Waals surface area contributed by atoms with Crippen molar-refractivity contribution in [2.45, 2.75) is 18.9 Å². The molecule has 2 N–H and O–H groups in total.